The zero-order valence-corrected chi connectivity index (χ0v) is 18.3. The van der Waals surface area contributed by atoms with Gasteiger partial charge in [0.2, 0.25) is 5.91 Å². The molecule has 1 saturated carbocycles. The normalized spacial score (nSPS) is 17.0. The van der Waals surface area contributed by atoms with Crippen LogP contribution in [0.2, 0.25) is 5.02 Å². The largest absolute Gasteiger partial charge is 0.495 e. The molecule has 5 nitrogen and oxygen atoms in total. The van der Waals surface area contributed by atoms with Crippen molar-refractivity contribution in [2.45, 2.75) is 31.8 Å². The maximum absolute atomic E-state index is 12.2. The van der Waals surface area contributed by atoms with Crippen LogP contribution in [0, 0.1) is 5.92 Å². The number of hydrogen-bond donors (Lipinski definition) is 0. The Balaban J connectivity index is 1.24. The Morgan fingerprint density at radius 3 is 2.45 bits per heavy atom. The number of pyridine rings is 1. The van der Waals surface area contributed by atoms with Gasteiger partial charge in [0, 0.05) is 55.1 Å². The first-order chi connectivity index (χ1) is 15.1. The fraction of sp³-hybridized carbons (Fsp3) is 0.360. The molecule has 2 fully saturated rings. The van der Waals surface area contributed by atoms with Gasteiger partial charge < -0.3 is 14.4 Å². The lowest BCUT2D eigenvalue weighted by Crippen LogP contribution is -2.42. The molecule has 0 bridgehead atoms. The molecule has 0 radical (unpaired) electrons. The lowest BCUT2D eigenvalue weighted by molar-refractivity contribution is -0.134. The maximum atomic E-state index is 12.2. The molecule has 1 saturated heterocycles. The number of rotatable bonds is 5. The summed E-state index contributed by atoms with van der Waals surface area (Å²) in [6.45, 7) is 1.60. The van der Waals surface area contributed by atoms with Crippen molar-refractivity contribution in [2.75, 3.05) is 20.2 Å². The molecule has 1 amide bonds. The molecular weight excluding hydrogens is 412 g/mol. The summed E-state index contributed by atoms with van der Waals surface area (Å²) >= 11 is 6.27. The first kappa shape index (κ1) is 20.1. The van der Waals surface area contributed by atoms with Gasteiger partial charge in [-0.25, -0.2) is 0 Å². The number of carbonyl (C=O) groups excluding carboxylic acids is 1. The Morgan fingerprint density at radius 2 is 1.77 bits per heavy atom. The molecule has 1 aromatic heterocycles. The monoisotopic (exact) mass is 436 g/mol. The van der Waals surface area contributed by atoms with E-state index in [2.05, 4.69) is 23.2 Å². The van der Waals surface area contributed by atoms with E-state index in [1.807, 2.05) is 35.4 Å². The van der Waals surface area contributed by atoms with Gasteiger partial charge >= 0.3 is 0 Å². The van der Waals surface area contributed by atoms with Gasteiger partial charge in [0.25, 0.3) is 0 Å². The number of carbonyl (C=O) groups is 1. The van der Waals surface area contributed by atoms with E-state index in [4.69, 9.17) is 21.1 Å². The molecule has 0 unspecified atom stereocenters. The highest BCUT2D eigenvalue weighted by Crippen LogP contribution is 2.33. The van der Waals surface area contributed by atoms with E-state index in [1.165, 1.54) is 0 Å². The number of piperidine rings is 1. The van der Waals surface area contributed by atoms with Gasteiger partial charge in [-0.05, 0) is 42.7 Å². The van der Waals surface area contributed by atoms with Crippen LogP contribution in [-0.2, 0) is 4.79 Å². The molecule has 1 aliphatic carbocycles. The summed E-state index contributed by atoms with van der Waals surface area (Å²) in [5.41, 5.74) is 2.93. The second-order valence-corrected chi connectivity index (χ2v) is 8.75. The zero-order chi connectivity index (χ0) is 21.4. The van der Waals surface area contributed by atoms with Gasteiger partial charge in [0.1, 0.15) is 17.6 Å². The van der Waals surface area contributed by atoms with Gasteiger partial charge in [-0.15, -0.1) is 0 Å². The predicted octanol–water partition coefficient (Wildman–Crippen LogP) is 5.34. The number of halogens is 1. The molecule has 31 heavy (non-hydrogen) atoms. The molecule has 2 aromatic carbocycles. The lowest BCUT2D eigenvalue weighted by atomic mass is 10.0. The van der Waals surface area contributed by atoms with Crippen molar-refractivity contribution in [3.63, 3.8) is 0 Å². The molecule has 3 aromatic rings. The third kappa shape index (κ3) is 4.33. The van der Waals surface area contributed by atoms with Crippen molar-refractivity contribution in [1.82, 2.24) is 9.88 Å². The highest BCUT2D eigenvalue weighted by Gasteiger charge is 2.35. The van der Waals surface area contributed by atoms with Crippen molar-refractivity contribution in [3.05, 3.63) is 53.7 Å². The number of methoxy groups -OCH3 is 1. The van der Waals surface area contributed by atoms with Crippen LogP contribution < -0.4 is 9.47 Å². The quantitative estimate of drug-likeness (QED) is 0.541. The first-order valence-electron chi connectivity index (χ1n) is 10.8. The topological polar surface area (TPSA) is 51.7 Å². The van der Waals surface area contributed by atoms with Crippen molar-refractivity contribution in [3.8, 4) is 22.6 Å². The predicted molar refractivity (Wildman–Crippen MR) is 122 cm³/mol. The van der Waals surface area contributed by atoms with E-state index in [1.54, 1.807) is 7.11 Å². The maximum Gasteiger partial charge on any atom is 0.225 e. The minimum atomic E-state index is 0.161. The number of fused-ring (bicyclic) bond motifs is 1. The Bertz CT molecular complexity index is 1100. The number of amides is 1. The Kier molecular flexibility index (Phi) is 5.45. The average Bonchev–Trinajstić information content (AvgIpc) is 3.64. The second-order valence-electron chi connectivity index (χ2n) is 8.34. The Hall–Kier alpha value is -2.79. The summed E-state index contributed by atoms with van der Waals surface area (Å²) < 4.78 is 11.4. The summed E-state index contributed by atoms with van der Waals surface area (Å²) in [5.74, 6) is 2.12. The number of hydrogen-bond acceptors (Lipinski definition) is 4. The van der Waals surface area contributed by atoms with E-state index in [9.17, 15) is 4.79 Å². The minimum Gasteiger partial charge on any atom is -0.495 e. The molecule has 1 aliphatic heterocycles. The fourth-order valence-corrected chi connectivity index (χ4v) is 4.39. The Morgan fingerprint density at radius 1 is 1.03 bits per heavy atom. The van der Waals surface area contributed by atoms with Gasteiger partial charge in [-0.2, -0.15) is 0 Å². The molecule has 160 valence electrons. The Labute approximate surface area is 186 Å². The molecule has 0 atom stereocenters. The molecule has 0 N–H and O–H groups in total. The second kappa shape index (κ2) is 8.39. The van der Waals surface area contributed by atoms with Crippen LogP contribution in [0.5, 0.6) is 11.5 Å². The highest BCUT2D eigenvalue weighted by atomic mass is 35.5. The van der Waals surface area contributed by atoms with E-state index in [0.29, 0.717) is 22.6 Å². The number of likely N-dealkylation sites (tertiary alicyclic amines) is 1. The number of ether oxygens (including phenoxy) is 2. The van der Waals surface area contributed by atoms with Gasteiger partial charge in [-0.1, -0.05) is 23.7 Å². The lowest BCUT2D eigenvalue weighted by Gasteiger charge is -2.32. The molecule has 2 aliphatic rings. The van der Waals surface area contributed by atoms with Crippen molar-refractivity contribution in [2.24, 2.45) is 5.92 Å². The summed E-state index contributed by atoms with van der Waals surface area (Å²) in [6, 6.07) is 13.9. The highest BCUT2D eigenvalue weighted by molar-refractivity contribution is 6.32. The average molecular weight is 437 g/mol. The summed E-state index contributed by atoms with van der Waals surface area (Å²) in [5, 5.41) is 1.54. The van der Waals surface area contributed by atoms with Crippen molar-refractivity contribution in [1.29, 1.82) is 0 Å². The third-order valence-electron chi connectivity index (χ3n) is 6.13. The molecule has 6 heteroatoms. The van der Waals surface area contributed by atoms with Gasteiger partial charge in [0.05, 0.1) is 17.6 Å². The van der Waals surface area contributed by atoms with Crippen LogP contribution in [0.15, 0.2) is 48.7 Å². The van der Waals surface area contributed by atoms with Gasteiger partial charge in [0.15, 0.2) is 0 Å². The van der Waals surface area contributed by atoms with E-state index < -0.39 is 0 Å². The number of aromatic nitrogens is 1. The van der Waals surface area contributed by atoms with Gasteiger partial charge in [-0.3, -0.25) is 9.78 Å². The minimum absolute atomic E-state index is 0.161. The van der Waals surface area contributed by atoms with Crippen molar-refractivity contribution < 1.29 is 14.3 Å². The summed E-state index contributed by atoms with van der Waals surface area (Å²) in [4.78, 5) is 18.8. The summed E-state index contributed by atoms with van der Waals surface area (Å²) in [6.07, 6.45) is 5.93. The third-order valence-corrected chi connectivity index (χ3v) is 6.42. The number of benzene rings is 2. The SMILES string of the molecule is COc1cc2ncc(-c3ccc(OC4CCN(C(=O)C5CC5)CC4)cc3)cc2cc1Cl. The van der Waals surface area contributed by atoms with Crippen LogP contribution >= 0.6 is 11.6 Å². The zero-order valence-electron chi connectivity index (χ0n) is 17.5. The van der Waals surface area contributed by atoms with Crippen LogP contribution in [0.25, 0.3) is 22.0 Å². The molecular formula is C25H25ClN2O3. The van der Waals surface area contributed by atoms with Crippen LogP contribution in [0.3, 0.4) is 0 Å². The van der Waals surface area contributed by atoms with E-state index >= 15 is 0 Å². The van der Waals surface area contributed by atoms with Crippen molar-refractivity contribution >= 4 is 28.4 Å². The first-order valence-corrected chi connectivity index (χ1v) is 11.2. The smallest absolute Gasteiger partial charge is 0.225 e. The molecule has 5 rings (SSSR count). The fourth-order valence-electron chi connectivity index (χ4n) is 4.14. The summed E-state index contributed by atoms with van der Waals surface area (Å²) in [7, 11) is 1.60. The van der Waals surface area contributed by atoms with Crippen LogP contribution in [0.4, 0.5) is 0 Å². The standard InChI is InChI=1S/C25H25ClN2O3/c1-30-24-14-23-18(13-22(24)26)12-19(15-27-23)16-4-6-20(7-5-16)31-21-8-10-28(11-9-21)25(29)17-2-3-17/h4-7,12-15,17,21H,2-3,8-11H2,1H3. The number of nitrogens with zero attached hydrogens (tertiary/aromatic N) is 2. The molecule has 0 spiro atoms. The van der Waals surface area contributed by atoms with Crippen LogP contribution in [-0.4, -0.2) is 42.1 Å². The van der Waals surface area contributed by atoms with E-state index in [0.717, 1.165) is 66.6 Å². The van der Waals surface area contributed by atoms with E-state index in [-0.39, 0.29) is 6.10 Å². The molecule has 2 heterocycles. The van der Waals surface area contributed by atoms with Crippen LogP contribution in [0.1, 0.15) is 25.7 Å².